The Labute approximate surface area is 279 Å². The number of carbonyl (C=O) groups excluding carboxylic acids is 2. The molecule has 0 saturated carbocycles. The van der Waals surface area contributed by atoms with Gasteiger partial charge in [-0.1, -0.05) is 24.3 Å². The first-order valence-electron chi connectivity index (χ1n) is 16.7. The highest BCUT2D eigenvalue weighted by atomic mass is 79.9. The molecule has 4 aliphatic rings. The molecule has 248 valence electrons. The number of hydrogen-bond acceptors (Lipinski definition) is 6. The Morgan fingerprint density at radius 2 is 1.76 bits per heavy atom. The van der Waals surface area contributed by atoms with Gasteiger partial charge in [0, 0.05) is 73.2 Å². The van der Waals surface area contributed by atoms with E-state index in [0.717, 1.165) is 66.7 Å². The van der Waals surface area contributed by atoms with Crippen LogP contribution >= 0.6 is 15.9 Å². The lowest BCUT2D eigenvalue weighted by Crippen LogP contribution is -2.59. The number of likely N-dealkylation sites (tertiary alicyclic amines) is 2. The molecule has 3 saturated heterocycles. The number of carboxylic acid groups (broad SMARTS) is 1. The number of urea groups is 1. The van der Waals surface area contributed by atoms with Gasteiger partial charge in [-0.25, -0.2) is 9.59 Å². The van der Waals surface area contributed by atoms with Gasteiger partial charge in [-0.05, 0) is 103 Å². The molecule has 11 nitrogen and oxygen atoms in total. The van der Waals surface area contributed by atoms with Crippen LogP contribution in [0.15, 0.2) is 46.9 Å². The first kappa shape index (κ1) is 32.6. The SMILES string of the molecule is Nc1ccc(CC(C(=O)N2CCC(N3CCCNCC3)CC2)[C@H]2CC(N3CCc4ccccc4NC3=O)CCN2C(=O)O)cc1Br. The number of amides is 4. The molecule has 5 N–H and O–H groups in total. The average molecular weight is 697 g/mol. The van der Waals surface area contributed by atoms with E-state index in [1.165, 1.54) is 4.90 Å². The van der Waals surface area contributed by atoms with Crippen LogP contribution in [-0.4, -0.2) is 113 Å². The number of halogens is 1. The standard InChI is InChI=1S/C34H46BrN7O4/c35-28-21-23(6-7-29(28)36)20-27(32(43)40-15-9-25(10-16-40)39-14-3-12-37-13-19-39)31-22-26(11-18-42(31)34(45)46)41-17-8-24-4-1-2-5-30(24)38-33(41)44/h1-2,4-7,21,25-27,31,37H,3,8-20,22,36H2,(H,38,44)(H,45,46)/t26?,27?,31-/m1/s1. The van der Waals surface area contributed by atoms with E-state index in [-0.39, 0.29) is 24.5 Å². The normalized spacial score (nSPS) is 24.0. The summed E-state index contributed by atoms with van der Waals surface area (Å²) in [4.78, 5) is 48.6. The molecule has 12 heteroatoms. The Kier molecular flexibility index (Phi) is 10.3. The Bertz CT molecular complexity index is 1410. The summed E-state index contributed by atoms with van der Waals surface area (Å²) in [6, 6.07) is 13.0. The second-order valence-electron chi connectivity index (χ2n) is 13.1. The maximum absolute atomic E-state index is 14.6. The van der Waals surface area contributed by atoms with Crippen LogP contribution in [0.25, 0.3) is 0 Å². The first-order chi connectivity index (χ1) is 22.3. The third-order valence-electron chi connectivity index (χ3n) is 10.4. The van der Waals surface area contributed by atoms with Crippen LogP contribution in [0.3, 0.4) is 0 Å². The van der Waals surface area contributed by atoms with Gasteiger partial charge < -0.3 is 36.2 Å². The van der Waals surface area contributed by atoms with Gasteiger partial charge in [-0.3, -0.25) is 9.69 Å². The van der Waals surface area contributed by atoms with Crippen molar-refractivity contribution in [2.45, 2.75) is 63.1 Å². The third kappa shape index (κ3) is 7.29. The molecule has 0 aliphatic carbocycles. The van der Waals surface area contributed by atoms with E-state index >= 15 is 0 Å². The lowest BCUT2D eigenvalue weighted by Gasteiger charge is -2.46. The summed E-state index contributed by atoms with van der Waals surface area (Å²) < 4.78 is 0.751. The predicted octanol–water partition coefficient (Wildman–Crippen LogP) is 4.08. The molecular formula is C34H46BrN7O4. The fraction of sp³-hybridized carbons (Fsp3) is 0.559. The van der Waals surface area contributed by atoms with Crippen molar-refractivity contribution >= 4 is 45.3 Å². The maximum Gasteiger partial charge on any atom is 0.407 e. The molecule has 46 heavy (non-hydrogen) atoms. The van der Waals surface area contributed by atoms with Crippen molar-refractivity contribution in [1.29, 1.82) is 0 Å². The zero-order valence-corrected chi connectivity index (χ0v) is 28.0. The summed E-state index contributed by atoms with van der Waals surface area (Å²) >= 11 is 3.53. The van der Waals surface area contributed by atoms with Gasteiger partial charge in [0.15, 0.2) is 0 Å². The minimum Gasteiger partial charge on any atom is -0.465 e. The molecule has 0 radical (unpaired) electrons. The lowest BCUT2D eigenvalue weighted by molar-refractivity contribution is -0.140. The number of anilines is 2. The van der Waals surface area contributed by atoms with E-state index in [1.54, 1.807) is 0 Å². The van der Waals surface area contributed by atoms with Gasteiger partial charge in [0.1, 0.15) is 0 Å². The van der Waals surface area contributed by atoms with Crippen molar-refractivity contribution in [3.63, 3.8) is 0 Å². The van der Waals surface area contributed by atoms with Crippen molar-refractivity contribution in [1.82, 2.24) is 24.9 Å². The van der Waals surface area contributed by atoms with Gasteiger partial charge in [0.05, 0.1) is 5.92 Å². The number of hydrogen-bond donors (Lipinski definition) is 4. The van der Waals surface area contributed by atoms with Crippen molar-refractivity contribution in [2.75, 3.05) is 63.4 Å². The Morgan fingerprint density at radius 3 is 2.54 bits per heavy atom. The number of rotatable bonds is 6. The van der Waals surface area contributed by atoms with Crippen LogP contribution in [0.1, 0.15) is 43.2 Å². The minimum atomic E-state index is -1.03. The number of nitrogens with two attached hydrogens (primary N) is 1. The summed E-state index contributed by atoms with van der Waals surface area (Å²) in [6.07, 6.45) is 3.95. The molecule has 6 rings (SSSR count). The molecule has 4 amide bonds. The van der Waals surface area contributed by atoms with Crippen LogP contribution in [0.4, 0.5) is 21.0 Å². The molecule has 2 aromatic carbocycles. The van der Waals surface area contributed by atoms with Crippen LogP contribution < -0.4 is 16.4 Å². The molecular weight excluding hydrogens is 650 g/mol. The zero-order chi connectivity index (χ0) is 32.2. The second-order valence-corrected chi connectivity index (χ2v) is 14.0. The largest absolute Gasteiger partial charge is 0.465 e. The maximum atomic E-state index is 14.6. The van der Waals surface area contributed by atoms with Gasteiger partial charge >= 0.3 is 12.1 Å². The van der Waals surface area contributed by atoms with Crippen LogP contribution in [-0.2, 0) is 17.6 Å². The molecule has 4 aliphatic heterocycles. The summed E-state index contributed by atoms with van der Waals surface area (Å²) in [5.41, 5.74) is 9.51. The van der Waals surface area contributed by atoms with E-state index in [1.807, 2.05) is 52.3 Å². The second kappa shape index (κ2) is 14.6. The number of fused-ring (bicyclic) bond motifs is 1. The van der Waals surface area contributed by atoms with E-state index in [4.69, 9.17) is 5.73 Å². The Morgan fingerprint density at radius 1 is 0.978 bits per heavy atom. The predicted molar refractivity (Wildman–Crippen MR) is 182 cm³/mol. The van der Waals surface area contributed by atoms with E-state index in [9.17, 15) is 19.5 Å². The number of piperidine rings is 2. The van der Waals surface area contributed by atoms with Gasteiger partial charge in [-0.2, -0.15) is 0 Å². The van der Waals surface area contributed by atoms with Crippen LogP contribution in [0, 0.1) is 5.92 Å². The summed E-state index contributed by atoms with van der Waals surface area (Å²) in [5.74, 6) is -0.603. The Hall–Kier alpha value is -3.35. The highest BCUT2D eigenvalue weighted by Crippen LogP contribution is 2.34. The molecule has 4 heterocycles. The Balaban J connectivity index is 1.24. The quantitative estimate of drug-likeness (QED) is 0.335. The minimum absolute atomic E-state index is 0.00597. The van der Waals surface area contributed by atoms with E-state index < -0.39 is 18.1 Å². The highest BCUT2D eigenvalue weighted by molar-refractivity contribution is 9.10. The smallest absolute Gasteiger partial charge is 0.407 e. The third-order valence-corrected chi connectivity index (χ3v) is 11.1. The molecule has 0 spiro atoms. The van der Waals surface area contributed by atoms with Crippen molar-refractivity contribution < 1.29 is 19.5 Å². The summed E-state index contributed by atoms with van der Waals surface area (Å²) in [5, 5.41) is 16.9. The highest BCUT2D eigenvalue weighted by Gasteiger charge is 2.44. The van der Waals surface area contributed by atoms with E-state index in [0.29, 0.717) is 57.0 Å². The van der Waals surface area contributed by atoms with Crippen LogP contribution in [0.5, 0.6) is 0 Å². The monoisotopic (exact) mass is 695 g/mol. The van der Waals surface area contributed by atoms with Gasteiger partial charge in [-0.15, -0.1) is 0 Å². The number of nitrogens with zero attached hydrogens (tertiary/aromatic N) is 4. The number of benzene rings is 2. The van der Waals surface area contributed by atoms with Crippen LogP contribution in [0.2, 0.25) is 0 Å². The number of carbonyl (C=O) groups is 3. The average Bonchev–Trinajstić information content (AvgIpc) is 3.44. The molecule has 2 unspecified atom stereocenters. The summed E-state index contributed by atoms with van der Waals surface area (Å²) in [7, 11) is 0. The van der Waals surface area contributed by atoms with Crippen molar-refractivity contribution in [3.05, 3.63) is 58.1 Å². The fourth-order valence-corrected chi connectivity index (χ4v) is 8.30. The van der Waals surface area contributed by atoms with Gasteiger partial charge in [0.25, 0.3) is 0 Å². The molecule has 2 aromatic rings. The van der Waals surface area contributed by atoms with Crippen molar-refractivity contribution in [3.8, 4) is 0 Å². The zero-order valence-electron chi connectivity index (χ0n) is 26.4. The fourth-order valence-electron chi connectivity index (χ4n) is 7.88. The molecule has 0 aromatic heterocycles. The lowest BCUT2D eigenvalue weighted by atomic mass is 9.82. The first-order valence-corrected chi connectivity index (χ1v) is 17.5. The molecule has 3 fully saturated rings. The van der Waals surface area contributed by atoms with E-state index in [2.05, 4.69) is 31.5 Å². The molecule has 3 atom stereocenters. The summed E-state index contributed by atoms with van der Waals surface area (Å²) in [6.45, 7) is 6.26. The van der Waals surface area contributed by atoms with Gasteiger partial charge in [0.2, 0.25) is 5.91 Å². The topological polar surface area (TPSA) is 134 Å². The number of para-hydroxylation sites is 1. The van der Waals surface area contributed by atoms with Crippen molar-refractivity contribution in [2.24, 2.45) is 5.92 Å². The number of nitrogen functional groups attached to an aromatic ring is 1. The molecule has 0 bridgehead atoms. The number of nitrogens with one attached hydrogen (secondary N) is 2.